The minimum Gasteiger partial charge on any atom is -0.354 e. The number of likely N-dealkylation sites (tertiary alicyclic amines) is 1. The van der Waals surface area contributed by atoms with Crippen LogP contribution in [0.4, 0.5) is 5.82 Å². The first-order chi connectivity index (χ1) is 15.3. The largest absolute Gasteiger partial charge is 0.354 e. The van der Waals surface area contributed by atoms with Crippen LogP contribution in [0.3, 0.4) is 0 Å². The Hall–Kier alpha value is -2.40. The number of aromatic nitrogens is 1. The van der Waals surface area contributed by atoms with Crippen molar-refractivity contribution in [3.63, 3.8) is 0 Å². The van der Waals surface area contributed by atoms with Crippen LogP contribution >= 0.6 is 0 Å². The van der Waals surface area contributed by atoms with Crippen LogP contribution in [0.1, 0.15) is 73.9 Å². The van der Waals surface area contributed by atoms with E-state index in [-0.39, 0.29) is 5.91 Å². The molecular weight excluding hydrogens is 396 g/mol. The molecule has 2 fully saturated rings. The van der Waals surface area contributed by atoms with Crippen LogP contribution in [0, 0.1) is 0 Å². The summed E-state index contributed by atoms with van der Waals surface area (Å²) in [4.78, 5) is 23.3. The van der Waals surface area contributed by atoms with Crippen molar-refractivity contribution in [2.75, 3.05) is 51.2 Å². The van der Waals surface area contributed by atoms with Gasteiger partial charge in [-0.1, -0.05) is 45.9 Å². The lowest BCUT2D eigenvalue weighted by Gasteiger charge is -2.33. The van der Waals surface area contributed by atoms with Crippen molar-refractivity contribution in [2.24, 2.45) is 0 Å². The Labute approximate surface area is 194 Å². The van der Waals surface area contributed by atoms with Crippen molar-refractivity contribution >= 4 is 11.7 Å². The van der Waals surface area contributed by atoms with Crippen LogP contribution in [-0.4, -0.2) is 67.0 Å². The molecule has 2 aliphatic heterocycles. The van der Waals surface area contributed by atoms with Crippen LogP contribution in [-0.2, 0) is 0 Å². The molecule has 1 amide bonds. The Kier molecular flexibility index (Phi) is 8.68. The summed E-state index contributed by atoms with van der Waals surface area (Å²) in [6.45, 7) is 15.0. The van der Waals surface area contributed by atoms with Crippen molar-refractivity contribution in [1.29, 1.82) is 0 Å². The average Bonchev–Trinajstić information content (AvgIpc) is 3.35. The molecule has 0 spiro atoms. The van der Waals surface area contributed by atoms with E-state index in [2.05, 4.69) is 73.8 Å². The molecular formula is C27H40N4O. The van der Waals surface area contributed by atoms with Crippen molar-refractivity contribution in [1.82, 2.24) is 14.8 Å². The average molecular weight is 437 g/mol. The fraction of sp³-hybridized carbons (Fsp3) is 0.556. The van der Waals surface area contributed by atoms with E-state index in [4.69, 9.17) is 0 Å². The van der Waals surface area contributed by atoms with Gasteiger partial charge in [-0.25, -0.2) is 4.98 Å². The number of amides is 1. The maximum atomic E-state index is 12.1. The molecule has 0 atom stereocenters. The molecule has 1 aromatic heterocycles. The quantitative estimate of drug-likeness (QED) is 0.676. The van der Waals surface area contributed by atoms with Crippen molar-refractivity contribution in [2.45, 2.75) is 52.4 Å². The molecule has 1 aromatic carbocycles. The van der Waals surface area contributed by atoms with E-state index in [1.807, 2.05) is 23.2 Å². The molecule has 4 rings (SSSR count). The number of carbonyl (C=O) groups is 1. The topological polar surface area (TPSA) is 39.7 Å². The minimum absolute atomic E-state index is 0.188. The molecule has 0 aliphatic carbocycles. The Morgan fingerprint density at radius 2 is 1.34 bits per heavy atom. The van der Waals surface area contributed by atoms with E-state index < -0.39 is 0 Å². The summed E-state index contributed by atoms with van der Waals surface area (Å²) in [5.41, 5.74) is 3.43. The van der Waals surface area contributed by atoms with Gasteiger partial charge >= 0.3 is 0 Å². The molecule has 2 aromatic rings. The summed E-state index contributed by atoms with van der Waals surface area (Å²) in [6.07, 6.45) is 4.31. The number of hydrogen-bond donors (Lipinski definition) is 0. The van der Waals surface area contributed by atoms with Crippen molar-refractivity contribution < 1.29 is 4.79 Å². The van der Waals surface area contributed by atoms with E-state index in [0.29, 0.717) is 11.8 Å². The highest BCUT2D eigenvalue weighted by Crippen LogP contribution is 2.19. The number of hydrogen-bond acceptors (Lipinski definition) is 4. The minimum atomic E-state index is 0.188. The van der Waals surface area contributed by atoms with Gasteiger partial charge in [0, 0.05) is 51.0 Å². The van der Waals surface area contributed by atoms with Crippen LogP contribution in [0.5, 0.6) is 0 Å². The van der Waals surface area contributed by atoms with E-state index in [1.54, 1.807) is 0 Å². The summed E-state index contributed by atoms with van der Waals surface area (Å²) in [6, 6.07) is 12.4. The standard InChI is InChI=1S/C14H19NO.C13H21N3/c1-11(2)12-5-7-13(8-6-12)14(16)15-9-3-4-10-15;1-11(2)12-4-5-13(14-10-12)16-8-6-15(3)7-9-16/h5-8,11H,3-4,9-10H2,1-2H3;4-5,10-11H,6-9H2,1-3H3. The molecule has 174 valence electrons. The second-order valence-electron chi connectivity index (χ2n) is 9.67. The summed E-state index contributed by atoms with van der Waals surface area (Å²) < 4.78 is 0. The van der Waals surface area contributed by atoms with Gasteiger partial charge < -0.3 is 14.7 Å². The molecule has 5 nitrogen and oxygen atoms in total. The normalized spacial score (nSPS) is 17.0. The zero-order valence-corrected chi connectivity index (χ0v) is 20.6. The fourth-order valence-corrected chi connectivity index (χ4v) is 4.08. The Morgan fingerprint density at radius 3 is 1.84 bits per heavy atom. The zero-order chi connectivity index (χ0) is 23.1. The molecule has 0 unspecified atom stereocenters. The van der Waals surface area contributed by atoms with E-state index in [9.17, 15) is 4.79 Å². The van der Waals surface area contributed by atoms with Gasteiger partial charge in [0.25, 0.3) is 5.91 Å². The number of carbonyl (C=O) groups excluding carboxylic acids is 1. The lowest BCUT2D eigenvalue weighted by atomic mass is 10.0. The number of likely N-dealkylation sites (N-methyl/N-ethyl adjacent to an activating group) is 1. The molecule has 2 saturated heterocycles. The highest BCUT2D eigenvalue weighted by molar-refractivity contribution is 5.94. The fourth-order valence-electron chi connectivity index (χ4n) is 4.08. The Morgan fingerprint density at radius 1 is 0.781 bits per heavy atom. The van der Waals surface area contributed by atoms with E-state index in [1.165, 1.54) is 11.1 Å². The third kappa shape index (κ3) is 6.55. The lowest BCUT2D eigenvalue weighted by molar-refractivity contribution is 0.0793. The van der Waals surface area contributed by atoms with Crippen molar-refractivity contribution in [3.05, 3.63) is 59.3 Å². The lowest BCUT2D eigenvalue weighted by Crippen LogP contribution is -2.44. The van der Waals surface area contributed by atoms with Crippen LogP contribution in [0.2, 0.25) is 0 Å². The highest BCUT2D eigenvalue weighted by atomic mass is 16.2. The first-order valence-electron chi connectivity index (χ1n) is 12.1. The number of benzene rings is 1. The third-order valence-corrected chi connectivity index (χ3v) is 6.48. The zero-order valence-electron chi connectivity index (χ0n) is 20.6. The SMILES string of the molecule is CC(C)c1ccc(C(=O)N2CCCC2)cc1.CC(C)c1ccc(N2CCN(C)CC2)nc1. The first-order valence-corrected chi connectivity index (χ1v) is 12.1. The maximum absolute atomic E-state index is 12.1. The van der Waals surface area contributed by atoms with Gasteiger partial charge in [-0.15, -0.1) is 0 Å². The van der Waals surface area contributed by atoms with Crippen molar-refractivity contribution in [3.8, 4) is 0 Å². The van der Waals surface area contributed by atoms with Gasteiger partial charge in [-0.05, 0) is 61.1 Å². The van der Waals surface area contributed by atoms with Gasteiger partial charge in [-0.3, -0.25) is 4.79 Å². The summed E-state index contributed by atoms with van der Waals surface area (Å²) in [5, 5.41) is 0. The van der Waals surface area contributed by atoms with Gasteiger partial charge in [0.05, 0.1) is 0 Å². The van der Waals surface area contributed by atoms with Crippen LogP contribution in [0.25, 0.3) is 0 Å². The highest BCUT2D eigenvalue weighted by Gasteiger charge is 2.19. The monoisotopic (exact) mass is 436 g/mol. The molecule has 3 heterocycles. The number of nitrogens with zero attached hydrogens (tertiary/aromatic N) is 4. The van der Waals surface area contributed by atoms with E-state index >= 15 is 0 Å². The van der Waals surface area contributed by atoms with Gasteiger partial charge in [-0.2, -0.15) is 0 Å². The van der Waals surface area contributed by atoms with Gasteiger partial charge in [0.1, 0.15) is 5.82 Å². The first kappa shape index (κ1) is 24.2. The predicted molar refractivity (Wildman–Crippen MR) is 134 cm³/mol. The Bertz CT molecular complexity index is 831. The summed E-state index contributed by atoms with van der Waals surface area (Å²) in [5.74, 6) is 2.40. The molecule has 5 heteroatoms. The number of piperazine rings is 1. The molecule has 0 saturated carbocycles. The molecule has 0 N–H and O–H groups in total. The second kappa shape index (κ2) is 11.5. The smallest absolute Gasteiger partial charge is 0.253 e. The molecule has 2 aliphatic rings. The molecule has 0 radical (unpaired) electrons. The van der Waals surface area contributed by atoms with Gasteiger partial charge in [0.2, 0.25) is 0 Å². The predicted octanol–water partition coefficient (Wildman–Crippen LogP) is 5.00. The van der Waals surface area contributed by atoms with Gasteiger partial charge in [0.15, 0.2) is 0 Å². The second-order valence-corrected chi connectivity index (χ2v) is 9.67. The van der Waals surface area contributed by atoms with Crippen LogP contribution < -0.4 is 4.90 Å². The summed E-state index contributed by atoms with van der Waals surface area (Å²) >= 11 is 0. The Balaban J connectivity index is 0.000000181. The molecule has 32 heavy (non-hydrogen) atoms. The molecule has 0 bridgehead atoms. The summed E-state index contributed by atoms with van der Waals surface area (Å²) in [7, 11) is 2.17. The van der Waals surface area contributed by atoms with Crippen LogP contribution in [0.15, 0.2) is 42.6 Å². The number of rotatable bonds is 4. The number of pyridine rings is 1. The third-order valence-electron chi connectivity index (χ3n) is 6.48. The maximum Gasteiger partial charge on any atom is 0.253 e. The van der Waals surface area contributed by atoms with E-state index in [0.717, 1.165) is 63.5 Å². The number of anilines is 1.